The molecule has 0 radical (unpaired) electrons. The molecule has 5 nitrogen and oxygen atoms in total. The Balaban J connectivity index is 2.09. The van der Waals surface area contributed by atoms with Crippen LogP contribution in [0, 0.1) is 6.92 Å². The lowest BCUT2D eigenvalue weighted by molar-refractivity contribution is 0.277. The van der Waals surface area contributed by atoms with Gasteiger partial charge in [-0.15, -0.1) is 0 Å². The van der Waals surface area contributed by atoms with E-state index < -0.39 is 0 Å². The van der Waals surface area contributed by atoms with Crippen molar-refractivity contribution in [2.45, 2.75) is 20.0 Å². The van der Waals surface area contributed by atoms with Crippen molar-refractivity contribution in [3.05, 3.63) is 58.0 Å². The van der Waals surface area contributed by atoms with Crippen LogP contribution < -0.4 is 20.8 Å². The number of rotatable bonds is 6. The number of aryl methyl sites for hydroxylation is 1. The molecule has 0 unspecified atom stereocenters. The molecule has 1 aromatic heterocycles. The van der Waals surface area contributed by atoms with E-state index in [0.717, 1.165) is 5.69 Å². The van der Waals surface area contributed by atoms with Crippen LogP contribution in [0.3, 0.4) is 0 Å². The predicted octanol–water partition coefficient (Wildman–Crippen LogP) is 1.70. The molecule has 2 N–H and O–H groups in total. The first kappa shape index (κ1) is 15.1. The Hall–Kier alpha value is -2.27. The molecule has 0 aliphatic heterocycles. The first-order valence-corrected chi connectivity index (χ1v) is 6.82. The second-order valence-corrected chi connectivity index (χ2v) is 4.66. The van der Waals surface area contributed by atoms with E-state index in [-0.39, 0.29) is 12.1 Å². The maximum atomic E-state index is 12.2. The Bertz CT molecular complexity index is 665. The van der Waals surface area contributed by atoms with Crippen molar-refractivity contribution < 1.29 is 9.47 Å². The van der Waals surface area contributed by atoms with E-state index in [1.165, 1.54) is 0 Å². The van der Waals surface area contributed by atoms with Gasteiger partial charge in [-0.1, -0.05) is 18.2 Å². The van der Waals surface area contributed by atoms with Crippen LogP contribution >= 0.6 is 0 Å². The van der Waals surface area contributed by atoms with E-state index >= 15 is 0 Å². The number of hydrogen-bond acceptors (Lipinski definition) is 4. The molecule has 1 aromatic carbocycles. The van der Waals surface area contributed by atoms with E-state index in [4.69, 9.17) is 15.2 Å². The highest BCUT2D eigenvalue weighted by Gasteiger charge is 2.06. The standard InChI is InChI=1S/C16H20N2O3/c1-12-7-8-13(11-17)16(19)18(12)9-10-21-15-6-4-3-5-14(15)20-2/h3-8H,9-11,17H2,1-2H3. The van der Waals surface area contributed by atoms with Gasteiger partial charge in [-0.2, -0.15) is 0 Å². The summed E-state index contributed by atoms with van der Waals surface area (Å²) >= 11 is 0. The monoisotopic (exact) mass is 288 g/mol. The SMILES string of the molecule is COc1ccccc1OCCn1c(C)ccc(CN)c1=O. The van der Waals surface area contributed by atoms with E-state index in [0.29, 0.717) is 30.2 Å². The molecule has 0 fully saturated rings. The van der Waals surface area contributed by atoms with Crippen LogP contribution in [0.2, 0.25) is 0 Å². The third kappa shape index (κ3) is 3.44. The Labute approximate surface area is 123 Å². The number of ether oxygens (including phenoxy) is 2. The molecule has 0 bridgehead atoms. The molecule has 5 heteroatoms. The van der Waals surface area contributed by atoms with E-state index in [2.05, 4.69) is 0 Å². The summed E-state index contributed by atoms with van der Waals surface area (Å²) < 4.78 is 12.6. The smallest absolute Gasteiger partial charge is 0.255 e. The number of benzene rings is 1. The van der Waals surface area contributed by atoms with Gasteiger partial charge in [0.05, 0.1) is 13.7 Å². The van der Waals surface area contributed by atoms with Gasteiger partial charge < -0.3 is 19.8 Å². The minimum absolute atomic E-state index is 0.0545. The van der Waals surface area contributed by atoms with Gasteiger partial charge in [-0.3, -0.25) is 4.79 Å². The highest BCUT2D eigenvalue weighted by atomic mass is 16.5. The Morgan fingerprint density at radius 3 is 2.52 bits per heavy atom. The molecule has 0 spiro atoms. The largest absolute Gasteiger partial charge is 0.493 e. The fraction of sp³-hybridized carbons (Fsp3) is 0.312. The Morgan fingerprint density at radius 1 is 1.14 bits per heavy atom. The lowest BCUT2D eigenvalue weighted by Crippen LogP contribution is -2.28. The van der Waals surface area contributed by atoms with Crippen molar-refractivity contribution in [2.75, 3.05) is 13.7 Å². The maximum absolute atomic E-state index is 12.2. The zero-order valence-electron chi connectivity index (χ0n) is 12.3. The highest BCUT2D eigenvalue weighted by molar-refractivity contribution is 5.39. The molecule has 21 heavy (non-hydrogen) atoms. The average Bonchev–Trinajstić information content (AvgIpc) is 2.51. The van der Waals surface area contributed by atoms with Crippen LogP contribution in [0.1, 0.15) is 11.3 Å². The Morgan fingerprint density at radius 2 is 1.86 bits per heavy atom. The van der Waals surface area contributed by atoms with Crippen LogP contribution in [0.15, 0.2) is 41.2 Å². The fourth-order valence-electron chi connectivity index (χ4n) is 2.13. The number of methoxy groups -OCH3 is 1. The van der Waals surface area contributed by atoms with Gasteiger partial charge >= 0.3 is 0 Å². The summed E-state index contributed by atoms with van der Waals surface area (Å²) in [6, 6.07) is 11.1. The number of para-hydroxylation sites is 2. The number of nitrogens with zero attached hydrogens (tertiary/aromatic N) is 1. The molecule has 0 saturated carbocycles. The number of pyridine rings is 1. The molecule has 2 rings (SSSR count). The molecule has 0 saturated heterocycles. The van der Waals surface area contributed by atoms with Crippen molar-refractivity contribution in [1.29, 1.82) is 0 Å². The zero-order chi connectivity index (χ0) is 15.2. The highest BCUT2D eigenvalue weighted by Crippen LogP contribution is 2.25. The van der Waals surface area contributed by atoms with Crippen LogP contribution in [0.5, 0.6) is 11.5 Å². The van der Waals surface area contributed by atoms with E-state index in [1.54, 1.807) is 17.7 Å². The van der Waals surface area contributed by atoms with Crippen molar-refractivity contribution in [1.82, 2.24) is 4.57 Å². The molecule has 0 atom stereocenters. The lowest BCUT2D eigenvalue weighted by Gasteiger charge is -2.13. The summed E-state index contributed by atoms with van der Waals surface area (Å²) in [6.45, 7) is 2.99. The third-order valence-corrected chi connectivity index (χ3v) is 3.33. The van der Waals surface area contributed by atoms with Gasteiger partial charge in [0.1, 0.15) is 6.61 Å². The second kappa shape index (κ2) is 6.95. The molecule has 112 valence electrons. The first-order chi connectivity index (χ1) is 10.2. The Kier molecular flexibility index (Phi) is 5.00. The summed E-state index contributed by atoms with van der Waals surface area (Å²) in [4.78, 5) is 12.2. The van der Waals surface area contributed by atoms with Crippen molar-refractivity contribution in [3.63, 3.8) is 0 Å². The number of aromatic nitrogens is 1. The van der Waals surface area contributed by atoms with Crippen LogP contribution in [0.25, 0.3) is 0 Å². The second-order valence-electron chi connectivity index (χ2n) is 4.66. The first-order valence-electron chi connectivity index (χ1n) is 6.82. The number of nitrogens with two attached hydrogens (primary N) is 1. The normalized spacial score (nSPS) is 10.4. The van der Waals surface area contributed by atoms with Gasteiger partial charge in [-0.05, 0) is 25.1 Å². The summed E-state index contributed by atoms with van der Waals surface area (Å²) in [5.74, 6) is 1.35. The van der Waals surface area contributed by atoms with Crippen LogP contribution in [0.4, 0.5) is 0 Å². The van der Waals surface area contributed by atoms with Gasteiger partial charge in [0, 0.05) is 17.8 Å². The zero-order valence-corrected chi connectivity index (χ0v) is 12.3. The van der Waals surface area contributed by atoms with Crippen molar-refractivity contribution >= 4 is 0 Å². The van der Waals surface area contributed by atoms with E-state index in [9.17, 15) is 4.79 Å². The van der Waals surface area contributed by atoms with Crippen molar-refractivity contribution in [2.24, 2.45) is 5.73 Å². The summed E-state index contributed by atoms with van der Waals surface area (Å²) in [7, 11) is 1.60. The summed E-state index contributed by atoms with van der Waals surface area (Å²) in [5, 5.41) is 0. The van der Waals surface area contributed by atoms with Gasteiger partial charge in [0.15, 0.2) is 11.5 Å². The molecular formula is C16H20N2O3. The fourth-order valence-corrected chi connectivity index (χ4v) is 2.13. The molecule has 2 aromatic rings. The minimum Gasteiger partial charge on any atom is -0.493 e. The van der Waals surface area contributed by atoms with Crippen LogP contribution in [-0.2, 0) is 13.1 Å². The summed E-state index contributed by atoms with van der Waals surface area (Å²) in [6.07, 6.45) is 0. The molecule has 1 heterocycles. The molecular weight excluding hydrogens is 268 g/mol. The predicted molar refractivity (Wildman–Crippen MR) is 81.8 cm³/mol. The van der Waals surface area contributed by atoms with E-state index in [1.807, 2.05) is 37.3 Å². The molecule has 0 amide bonds. The number of hydrogen-bond donors (Lipinski definition) is 1. The minimum atomic E-state index is -0.0545. The average molecular weight is 288 g/mol. The van der Waals surface area contributed by atoms with Crippen LogP contribution in [-0.4, -0.2) is 18.3 Å². The van der Waals surface area contributed by atoms with Gasteiger partial charge in [-0.25, -0.2) is 0 Å². The molecule has 0 aliphatic carbocycles. The lowest BCUT2D eigenvalue weighted by atomic mass is 10.2. The third-order valence-electron chi connectivity index (χ3n) is 3.33. The van der Waals surface area contributed by atoms with Crippen molar-refractivity contribution in [3.8, 4) is 11.5 Å². The summed E-state index contributed by atoms with van der Waals surface area (Å²) in [5.41, 5.74) is 7.01. The topological polar surface area (TPSA) is 66.5 Å². The maximum Gasteiger partial charge on any atom is 0.255 e. The van der Waals surface area contributed by atoms with Gasteiger partial charge in [0.2, 0.25) is 0 Å². The van der Waals surface area contributed by atoms with Gasteiger partial charge in [0.25, 0.3) is 5.56 Å². The quantitative estimate of drug-likeness (QED) is 0.878. The molecule has 0 aliphatic rings.